The Bertz CT molecular complexity index is 382. The van der Waals surface area contributed by atoms with Crippen molar-refractivity contribution < 1.29 is 9.90 Å². The normalized spacial score (nSPS) is 15.0. The van der Waals surface area contributed by atoms with E-state index in [0.717, 1.165) is 49.9 Å². The van der Waals surface area contributed by atoms with Gasteiger partial charge in [-0.15, -0.1) is 0 Å². The second-order valence-electron chi connectivity index (χ2n) is 4.01. The zero-order valence-corrected chi connectivity index (χ0v) is 8.99. The van der Waals surface area contributed by atoms with Crippen molar-refractivity contribution in [2.45, 2.75) is 45.6 Å². The monoisotopic (exact) mass is 208 g/mol. The molecule has 0 aliphatic carbocycles. The maximum atomic E-state index is 11.0. The Morgan fingerprint density at radius 2 is 2.33 bits per heavy atom. The van der Waals surface area contributed by atoms with E-state index in [1.807, 2.05) is 4.68 Å². The van der Waals surface area contributed by atoms with Gasteiger partial charge in [-0.2, -0.15) is 5.10 Å². The third-order valence-corrected chi connectivity index (χ3v) is 2.90. The van der Waals surface area contributed by atoms with E-state index in [1.54, 1.807) is 0 Å². The van der Waals surface area contributed by atoms with Gasteiger partial charge in [0.15, 0.2) is 5.69 Å². The van der Waals surface area contributed by atoms with Crippen molar-refractivity contribution in [1.82, 2.24) is 9.78 Å². The molecule has 15 heavy (non-hydrogen) atoms. The number of aryl methyl sites for hydroxylation is 1. The highest BCUT2D eigenvalue weighted by molar-refractivity contribution is 5.87. The fourth-order valence-electron chi connectivity index (χ4n) is 2.24. The average Bonchev–Trinajstić information content (AvgIpc) is 2.58. The minimum Gasteiger partial charge on any atom is -0.476 e. The number of carboxylic acid groups (broad SMARTS) is 1. The Kier molecular flexibility index (Phi) is 2.75. The van der Waals surface area contributed by atoms with Crippen LogP contribution in [0.3, 0.4) is 0 Å². The maximum absolute atomic E-state index is 11.0. The van der Waals surface area contributed by atoms with Crippen molar-refractivity contribution in [3.05, 3.63) is 17.0 Å². The predicted molar refractivity (Wildman–Crippen MR) is 56.1 cm³/mol. The topological polar surface area (TPSA) is 55.1 Å². The fraction of sp³-hybridized carbons (Fsp3) is 0.636. The fourth-order valence-corrected chi connectivity index (χ4v) is 2.24. The van der Waals surface area contributed by atoms with Gasteiger partial charge in [-0.25, -0.2) is 4.79 Å². The lowest BCUT2D eigenvalue weighted by atomic mass is 10.0. The number of hydrogen-bond acceptors (Lipinski definition) is 2. The Hall–Kier alpha value is -1.32. The summed E-state index contributed by atoms with van der Waals surface area (Å²) < 4.78 is 1.89. The number of hydrogen-bond donors (Lipinski definition) is 1. The third kappa shape index (κ3) is 1.76. The van der Waals surface area contributed by atoms with Crippen molar-refractivity contribution in [1.29, 1.82) is 0 Å². The van der Waals surface area contributed by atoms with Gasteiger partial charge in [0.05, 0.1) is 0 Å². The van der Waals surface area contributed by atoms with Crippen LogP contribution in [0, 0.1) is 0 Å². The summed E-state index contributed by atoms with van der Waals surface area (Å²) in [5.74, 6) is -0.889. The molecule has 1 N–H and O–H groups in total. The van der Waals surface area contributed by atoms with Gasteiger partial charge in [0.1, 0.15) is 0 Å². The quantitative estimate of drug-likeness (QED) is 0.825. The van der Waals surface area contributed by atoms with Gasteiger partial charge in [-0.05, 0) is 25.7 Å². The van der Waals surface area contributed by atoms with E-state index in [-0.39, 0.29) is 5.69 Å². The lowest BCUT2D eigenvalue weighted by molar-refractivity contribution is 0.0688. The van der Waals surface area contributed by atoms with Crippen LogP contribution in [0.1, 0.15) is 47.9 Å². The zero-order chi connectivity index (χ0) is 10.8. The van der Waals surface area contributed by atoms with Crippen LogP contribution in [-0.2, 0) is 19.4 Å². The highest BCUT2D eigenvalue weighted by Crippen LogP contribution is 2.22. The van der Waals surface area contributed by atoms with E-state index in [9.17, 15) is 4.79 Å². The molecule has 0 spiro atoms. The van der Waals surface area contributed by atoms with Crippen LogP contribution in [0.2, 0.25) is 0 Å². The van der Waals surface area contributed by atoms with Gasteiger partial charge in [-0.1, -0.05) is 13.3 Å². The first-order valence-corrected chi connectivity index (χ1v) is 5.56. The lowest BCUT2D eigenvalue weighted by Crippen LogP contribution is -2.12. The molecule has 1 aromatic heterocycles. The van der Waals surface area contributed by atoms with Gasteiger partial charge >= 0.3 is 5.97 Å². The van der Waals surface area contributed by atoms with Gasteiger partial charge in [0, 0.05) is 17.8 Å². The summed E-state index contributed by atoms with van der Waals surface area (Å²) in [7, 11) is 0. The van der Waals surface area contributed by atoms with Crippen molar-refractivity contribution in [3.8, 4) is 0 Å². The maximum Gasteiger partial charge on any atom is 0.356 e. The summed E-state index contributed by atoms with van der Waals surface area (Å²) in [5.41, 5.74) is 2.39. The molecule has 1 aliphatic heterocycles. The summed E-state index contributed by atoms with van der Waals surface area (Å²) >= 11 is 0. The molecule has 0 unspecified atom stereocenters. The van der Waals surface area contributed by atoms with Crippen LogP contribution in [0.25, 0.3) is 0 Å². The number of carbonyl (C=O) groups is 1. The number of fused-ring (bicyclic) bond motifs is 1. The number of nitrogens with zero attached hydrogens (tertiary/aromatic N) is 2. The predicted octanol–water partition coefficient (Wildman–Crippen LogP) is 1.87. The average molecular weight is 208 g/mol. The van der Waals surface area contributed by atoms with Crippen molar-refractivity contribution in [2.75, 3.05) is 0 Å². The zero-order valence-electron chi connectivity index (χ0n) is 8.99. The third-order valence-electron chi connectivity index (χ3n) is 2.90. The number of aromatic carboxylic acids is 1. The summed E-state index contributed by atoms with van der Waals surface area (Å²) in [6.07, 6.45) is 5.05. The van der Waals surface area contributed by atoms with Crippen LogP contribution in [0.4, 0.5) is 0 Å². The second-order valence-corrected chi connectivity index (χ2v) is 4.01. The summed E-state index contributed by atoms with van der Waals surface area (Å²) in [5, 5.41) is 13.3. The molecule has 0 atom stereocenters. The molecule has 4 heteroatoms. The Morgan fingerprint density at radius 3 is 3.00 bits per heavy atom. The van der Waals surface area contributed by atoms with Crippen LogP contribution < -0.4 is 0 Å². The number of carboxylic acids is 1. The second kappa shape index (κ2) is 4.04. The molecule has 0 bridgehead atoms. The molecule has 1 aliphatic rings. The first-order chi connectivity index (χ1) is 7.24. The van der Waals surface area contributed by atoms with Crippen molar-refractivity contribution >= 4 is 5.97 Å². The molecule has 0 saturated carbocycles. The van der Waals surface area contributed by atoms with Gasteiger partial charge < -0.3 is 5.11 Å². The van der Waals surface area contributed by atoms with E-state index in [1.165, 1.54) is 0 Å². The SMILES string of the molecule is CCCc1c(C(=O)O)nn2c1CCCC2. The molecular formula is C11H16N2O2. The number of aromatic nitrogens is 2. The van der Waals surface area contributed by atoms with E-state index >= 15 is 0 Å². The molecule has 2 rings (SSSR count). The molecule has 0 radical (unpaired) electrons. The van der Waals surface area contributed by atoms with Gasteiger partial charge in [0.25, 0.3) is 0 Å². The molecule has 82 valence electrons. The molecule has 4 nitrogen and oxygen atoms in total. The molecule has 0 fully saturated rings. The molecule has 0 aromatic carbocycles. The first kappa shape index (κ1) is 10.2. The standard InChI is InChI=1S/C11H16N2O2/c1-2-5-8-9-6-3-4-7-13(9)12-10(8)11(14)15/h2-7H2,1H3,(H,14,15). The Balaban J connectivity index is 2.45. The van der Waals surface area contributed by atoms with E-state index in [0.29, 0.717) is 0 Å². The summed E-state index contributed by atoms with van der Waals surface area (Å²) in [6.45, 7) is 2.94. The Labute approximate surface area is 88.9 Å². The molecule has 0 saturated heterocycles. The van der Waals surface area contributed by atoms with Crippen LogP contribution in [-0.4, -0.2) is 20.9 Å². The molecule has 0 amide bonds. The van der Waals surface area contributed by atoms with Crippen LogP contribution in [0.5, 0.6) is 0 Å². The molecule has 2 heterocycles. The number of rotatable bonds is 3. The van der Waals surface area contributed by atoms with Gasteiger partial charge in [0.2, 0.25) is 0 Å². The lowest BCUT2D eigenvalue weighted by Gasteiger charge is -2.14. The smallest absolute Gasteiger partial charge is 0.356 e. The summed E-state index contributed by atoms with van der Waals surface area (Å²) in [6, 6.07) is 0. The van der Waals surface area contributed by atoms with Crippen LogP contribution in [0.15, 0.2) is 0 Å². The largest absolute Gasteiger partial charge is 0.476 e. The van der Waals surface area contributed by atoms with E-state index in [2.05, 4.69) is 12.0 Å². The minimum absolute atomic E-state index is 0.272. The van der Waals surface area contributed by atoms with E-state index < -0.39 is 5.97 Å². The highest BCUT2D eigenvalue weighted by Gasteiger charge is 2.23. The minimum atomic E-state index is -0.889. The molecular weight excluding hydrogens is 192 g/mol. The van der Waals surface area contributed by atoms with Crippen LogP contribution >= 0.6 is 0 Å². The summed E-state index contributed by atoms with van der Waals surface area (Å²) in [4.78, 5) is 11.0. The first-order valence-electron chi connectivity index (χ1n) is 5.56. The Morgan fingerprint density at radius 1 is 1.53 bits per heavy atom. The van der Waals surface area contributed by atoms with Crippen molar-refractivity contribution in [3.63, 3.8) is 0 Å². The van der Waals surface area contributed by atoms with E-state index in [4.69, 9.17) is 5.11 Å². The molecule has 1 aromatic rings. The van der Waals surface area contributed by atoms with Gasteiger partial charge in [-0.3, -0.25) is 4.68 Å². The highest BCUT2D eigenvalue weighted by atomic mass is 16.4. The van der Waals surface area contributed by atoms with Crippen molar-refractivity contribution in [2.24, 2.45) is 0 Å².